The molecule has 122 valence electrons. The van der Waals surface area contributed by atoms with Gasteiger partial charge in [-0.2, -0.15) is 0 Å². The van der Waals surface area contributed by atoms with E-state index in [0.717, 1.165) is 12.2 Å². The third-order valence-electron chi connectivity index (χ3n) is 3.63. The van der Waals surface area contributed by atoms with Crippen LogP contribution in [0.2, 0.25) is 0 Å². The fourth-order valence-corrected chi connectivity index (χ4v) is 2.33. The SMILES string of the molecule is [B]c1ccnc(C(=O)Nc2ccc(OCCc3ccccc3)cc2)c1. The van der Waals surface area contributed by atoms with E-state index in [0.29, 0.717) is 17.8 Å². The van der Waals surface area contributed by atoms with Crippen LogP contribution in [0.3, 0.4) is 0 Å². The highest BCUT2D eigenvalue weighted by atomic mass is 16.5. The standard InChI is InChI=1S/C20H17BN2O2/c21-16-10-12-22-19(14-16)20(24)23-17-6-8-18(9-7-17)25-13-11-15-4-2-1-3-5-15/h1-10,12,14H,11,13H2,(H,23,24). The second-order valence-corrected chi connectivity index (χ2v) is 5.54. The molecule has 0 spiro atoms. The van der Waals surface area contributed by atoms with Crippen molar-refractivity contribution in [2.45, 2.75) is 6.42 Å². The number of ether oxygens (including phenoxy) is 1. The second-order valence-electron chi connectivity index (χ2n) is 5.54. The maximum absolute atomic E-state index is 12.1. The normalized spacial score (nSPS) is 10.2. The molecule has 1 heterocycles. The van der Waals surface area contributed by atoms with Crippen LogP contribution >= 0.6 is 0 Å². The summed E-state index contributed by atoms with van der Waals surface area (Å²) in [5, 5.41) is 2.78. The third kappa shape index (κ3) is 4.95. The molecule has 0 unspecified atom stereocenters. The van der Waals surface area contributed by atoms with Crippen molar-refractivity contribution < 1.29 is 9.53 Å². The molecule has 0 atom stereocenters. The van der Waals surface area contributed by atoms with Crippen molar-refractivity contribution in [2.24, 2.45) is 0 Å². The van der Waals surface area contributed by atoms with Crippen molar-refractivity contribution in [3.8, 4) is 5.75 Å². The Morgan fingerprint density at radius 2 is 1.80 bits per heavy atom. The first-order valence-corrected chi connectivity index (χ1v) is 8.00. The van der Waals surface area contributed by atoms with E-state index in [9.17, 15) is 4.79 Å². The molecule has 4 nitrogen and oxygen atoms in total. The molecule has 0 saturated carbocycles. The van der Waals surface area contributed by atoms with Crippen LogP contribution in [0, 0.1) is 0 Å². The third-order valence-corrected chi connectivity index (χ3v) is 3.63. The fourth-order valence-electron chi connectivity index (χ4n) is 2.33. The molecular weight excluding hydrogens is 311 g/mol. The molecule has 0 aliphatic rings. The molecule has 0 aliphatic carbocycles. The summed E-state index contributed by atoms with van der Waals surface area (Å²) in [5.74, 6) is 0.459. The number of hydrogen-bond acceptors (Lipinski definition) is 3. The summed E-state index contributed by atoms with van der Waals surface area (Å²) in [6.45, 7) is 0.600. The quantitative estimate of drug-likeness (QED) is 0.708. The van der Waals surface area contributed by atoms with Gasteiger partial charge in [0.05, 0.1) is 6.61 Å². The van der Waals surface area contributed by atoms with Gasteiger partial charge >= 0.3 is 0 Å². The number of nitrogens with one attached hydrogen (secondary N) is 1. The van der Waals surface area contributed by atoms with Gasteiger partial charge in [0.25, 0.3) is 5.91 Å². The van der Waals surface area contributed by atoms with Gasteiger partial charge in [0.15, 0.2) is 0 Å². The number of pyridine rings is 1. The lowest BCUT2D eigenvalue weighted by molar-refractivity contribution is 0.102. The summed E-state index contributed by atoms with van der Waals surface area (Å²) < 4.78 is 5.73. The molecule has 0 bridgehead atoms. The Morgan fingerprint density at radius 3 is 2.52 bits per heavy atom. The molecule has 1 N–H and O–H groups in total. The Bertz CT molecular complexity index is 836. The van der Waals surface area contributed by atoms with E-state index >= 15 is 0 Å². The van der Waals surface area contributed by atoms with Gasteiger partial charge in [-0.1, -0.05) is 41.9 Å². The first-order chi connectivity index (χ1) is 12.2. The van der Waals surface area contributed by atoms with E-state index in [-0.39, 0.29) is 11.6 Å². The van der Waals surface area contributed by atoms with Crippen LogP contribution in [0.1, 0.15) is 16.1 Å². The van der Waals surface area contributed by atoms with Crippen molar-refractivity contribution in [1.82, 2.24) is 4.98 Å². The van der Waals surface area contributed by atoms with Gasteiger partial charge in [-0.15, -0.1) is 0 Å². The highest BCUT2D eigenvalue weighted by molar-refractivity contribution is 6.32. The molecule has 0 fully saturated rings. The molecule has 2 radical (unpaired) electrons. The zero-order valence-electron chi connectivity index (χ0n) is 13.7. The number of anilines is 1. The molecule has 0 aliphatic heterocycles. The van der Waals surface area contributed by atoms with Crippen molar-refractivity contribution in [2.75, 3.05) is 11.9 Å². The number of amides is 1. The average Bonchev–Trinajstić information content (AvgIpc) is 2.64. The average molecular weight is 328 g/mol. The largest absolute Gasteiger partial charge is 0.493 e. The predicted molar refractivity (Wildman–Crippen MR) is 99.7 cm³/mol. The Kier molecular flexibility index (Phi) is 5.47. The molecule has 3 aromatic rings. The van der Waals surface area contributed by atoms with Crippen LogP contribution in [0.4, 0.5) is 5.69 Å². The van der Waals surface area contributed by atoms with Gasteiger partial charge in [-0.3, -0.25) is 9.78 Å². The highest BCUT2D eigenvalue weighted by Gasteiger charge is 2.07. The lowest BCUT2D eigenvalue weighted by Gasteiger charge is -2.08. The first kappa shape index (κ1) is 16.8. The Morgan fingerprint density at radius 1 is 1.04 bits per heavy atom. The number of nitrogens with zero attached hydrogens (tertiary/aromatic N) is 1. The van der Waals surface area contributed by atoms with Gasteiger partial charge in [0.1, 0.15) is 19.3 Å². The van der Waals surface area contributed by atoms with Crippen molar-refractivity contribution in [1.29, 1.82) is 0 Å². The topological polar surface area (TPSA) is 51.2 Å². The summed E-state index contributed by atoms with van der Waals surface area (Å²) in [5.41, 5.74) is 2.69. The van der Waals surface area contributed by atoms with Gasteiger partial charge in [-0.25, -0.2) is 0 Å². The smallest absolute Gasteiger partial charge is 0.274 e. The first-order valence-electron chi connectivity index (χ1n) is 8.00. The number of aromatic nitrogens is 1. The van der Waals surface area contributed by atoms with Crippen molar-refractivity contribution in [3.63, 3.8) is 0 Å². The van der Waals surface area contributed by atoms with Gasteiger partial charge in [-0.05, 0) is 35.9 Å². The summed E-state index contributed by atoms with van der Waals surface area (Å²) in [4.78, 5) is 16.1. The zero-order valence-corrected chi connectivity index (χ0v) is 13.7. The Labute approximate surface area is 148 Å². The maximum atomic E-state index is 12.1. The van der Waals surface area contributed by atoms with E-state index in [1.165, 1.54) is 17.8 Å². The van der Waals surface area contributed by atoms with Crippen LogP contribution in [0.5, 0.6) is 5.75 Å². The lowest BCUT2D eigenvalue weighted by Crippen LogP contribution is -2.16. The lowest BCUT2D eigenvalue weighted by atomic mass is 9.97. The number of hydrogen-bond donors (Lipinski definition) is 1. The van der Waals surface area contributed by atoms with E-state index < -0.39 is 0 Å². The van der Waals surface area contributed by atoms with Crippen LogP contribution in [-0.2, 0) is 6.42 Å². The Balaban J connectivity index is 1.52. The molecule has 5 heteroatoms. The van der Waals surface area contributed by atoms with Crippen LogP contribution in [0.15, 0.2) is 72.9 Å². The summed E-state index contributed by atoms with van der Waals surface area (Å²) in [7, 11) is 5.66. The Hall–Kier alpha value is -3.08. The number of carbonyl (C=O) groups excluding carboxylic acids is 1. The number of carbonyl (C=O) groups is 1. The minimum atomic E-state index is -0.301. The van der Waals surface area contributed by atoms with E-state index in [1.807, 2.05) is 30.3 Å². The van der Waals surface area contributed by atoms with Crippen molar-refractivity contribution >= 4 is 24.9 Å². The zero-order chi connectivity index (χ0) is 17.5. The van der Waals surface area contributed by atoms with Crippen molar-refractivity contribution in [3.05, 3.63) is 84.2 Å². The van der Waals surface area contributed by atoms with Crippen LogP contribution in [0.25, 0.3) is 0 Å². The van der Waals surface area contributed by atoms with Crippen LogP contribution < -0.4 is 15.5 Å². The predicted octanol–water partition coefficient (Wildman–Crippen LogP) is 2.75. The van der Waals surface area contributed by atoms with Gasteiger partial charge < -0.3 is 10.1 Å². The highest BCUT2D eigenvalue weighted by Crippen LogP contribution is 2.16. The maximum Gasteiger partial charge on any atom is 0.274 e. The van der Waals surface area contributed by atoms with Gasteiger partial charge in [0.2, 0.25) is 0 Å². The fraction of sp³-hybridized carbons (Fsp3) is 0.100. The van der Waals surface area contributed by atoms with E-state index in [2.05, 4.69) is 22.4 Å². The summed E-state index contributed by atoms with van der Waals surface area (Å²) >= 11 is 0. The van der Waals surface area contributed by atoms with E-state index in [1.54, 1.807) is 18.2 Å². The molecule has 2 aromatic carbocycles. The molecule has 25 heavy (non-hydrogen) atoms. The monoisotopic (exact) mass is 328 g/mol. The van der Waals surface area contributed by atoms with Gasteiger partial charge in [0, 0.05) is 18.3 Å². The minimum Gasteiger partial charge on any atom is -0.493 e. The summed E-state index contributed by atoms with van der Waals surface area (Å²) in [6, 6.07) is 20.6. The van der Waals surface area contributed by atoms with Crippen LogP contribution in [-0.4, -0.2) is 25.3 Å². The second kappa shape index (κ2) is 8.15. The number of rotatable bonds is 6. The molecular formula is C20H17BN2O2. The summed E-state index contributed by atoms with van der Waals surface area (Å²) in [6.07, 6.45) is 2.36. The molecule has 0 saturated heterocycles. The molecule has 1 aromatic heterocycles. The molecule has 1 amide bonds. The minimum absolute atomic E-state index is 0.281. The molecule has 3 rings (SSSR count). The number of benzene rings is 2. The van der Waals surface area contributed by atoms with E-state index in [4.69, 9.17) is 12.6 Å².